The lowest BCUT2D eigenvalue weighted by Crippen LogP contribution is -2.16. The summed E-state index contributed by atoms with van der Waals surface area (Å²) >= 11 is 0. The van der Waals surface area contributed by atoms with Crippen LogP contribution in [0.4, 0.5) is 0 Å². The Hall–Kier alpha value is -1.07. The number of aliphatic hydroxyl groups excluding tert-OH is 1. The molecule has 0 bridgehead atoms. The van der Waals surface area contributed by atoms with Crippen molar-refractivity contribution in [3.63, 3.8) is 0 Å². The zero-order valence-electron chi connectivity index (χ0n) is 10.8. The van der Waals surface area contributed by atoms with Crippen molar-refractivity contribution in [1.82, 2.24) is 0 Å². The summed E-state index contributed by atoms with van der Waals surface area (Å²) < 4.78 is 28.1. The van der Waals surface area contributed by atoms with E-state index >= 15 is 0 Å². The zero-order valence-corrected chi connectivity index (χ0v) is 11.6. The maximum absolute atomic E-state index is 11.3. The molecule has 0 aliphatic heterocycles. The van der Waals surface area contributed by atoms with Crippen molar-refractivity contribution >= 4 is 9.84 Å². The first-order valence-electron chi connectivity index (χ1n) is 6.10. The molecule has 1 rings (SSSR count). The molecule has 1 aromatic carbocycles. The Balaban J connectivity index is 2.68. The van der Waals surface area contributed by atoms with Gasteiger partial charge in [0, 0.05) is 11.3 Å². The molecular weight excluding hydrogens is 252 g/mol. The van der Waals surface area contributed by atoms with Crippen LogP contribution in [0, 0.1) is 0 Å². The molecular formula is C13H20O4S. The number of rotatable bonds is 7. The molecule has 0 saturated carbocycles. The van der Waals surface area contributed by atoms with Crippen molar-refractivity contribution in [2.45, 2.75) is 26.4 Å². The lowest BCUT2D eigenvalue weighted by molar-refractivity contribution is 0.168. The summed E-state index contributed by atoms with van der Waals surface area (Å²) in [4.78, 5) is 0. The summed E-state index contributed by atoms with van der Waals surface area (Å²) in [6, 6.07) is 7.16. The summed E-state index contributed by atoms with van der Waals surface area (Å²) in [7, 11) is -3.02. The van der Waals surface area contributed by atoms with Gasteiger partial charge in [-0.2, -0.15) is 0 Å². The molecule has 0 amide bonds. The number of hydrogen-bond donors (Lipinski definition) is 1. The lowest BCUT2D eigenvalue weighted by Gasteiger charge is -2.14. The molecule has 0 aromatic heterocycles. The van der Waals surface area contributed by atoms with Crippen LogP contribution in [0.15, 0.2) is 24.3 Å². The number of hydrogen-bond acceptors (Lipinski definition) is 4. The Kier molecular flexibility index (Phi) is 5.62. The molecule has 0 heterocycles. The summed E-state index contributed by atoms with van der Waals surface area (Å²) in [5, 5.41) is 9.82. The average Bonchev–Trinajstić information content (AvgIpc) is 2.38. The predicted octanol–water partition coefficient (Wildman–Crippen LogP) is 1.94. The van der Waals surface area contributed by atoms with Gasteiger partial charge in [-0.25, -0.2) is 8.42 Å². The molecule has 0 aliphatic rings. The van der Waals surface area contributed by atoms with Crippen molar-refractivity contribution in [1.29, 1.82) is 0 Å². The zero-order chi connectivity index (χ0) is 13.6. The first-order chi connectivity index (χ1) is 8.50. The molecule has 0 aliphatic carbocycles. The molecule has 5 heteroatoms. The van der Waals surface area contributed by atoms with Crippen LogP contribution in [-0.4, -0.2) is 31.6 Å². The van der Waals surface area contributed by atoms with Crippen LogP contribution in [0.3, 0.4) is 0 Å². The summed E-state index contributed by atoms with van der Waals surface area (Å²) in [6.45, 7) is 3.61. The summed E-state index contributed by atoms with van der Waals surface area (Å²) in [5.74, 6) is 0.675. The fourth-order valence-electron chi connectivity index (χ4n) is 1.53. The van der Waals surface area contributed by atoms with E-state index in [0.29, 0.717) is 17.7 Å². The van der Waals surface area contributed by atoms with E-state index in [1.165, 1.54) is 0 Å². The van der Waals surface area contributed by atoms with Gasteiger partial charge in [-0.15, -0.1) is 0 Å². The Bertz CT molecular complexity index is 468. The molecule has 0 fully saturated rings. The van der Waals surface area contributed by atoms with Gasteiger partial charge >= 0.3 is 0 Å². The number of ether oxygens (including phenoxy) is 1. The van der Waals surface area contributed by atoms with Gasteiger partial charge in [0.05, 0.1) is 11.9 Å². The molecule has 0 saturated heterocycles. The van der Waals surface area contributed by atoms with Gasteiger partial charge in [-0.1, -0.05) is 32.0 Å². The second-order valence-corrected chi connectivity index (χ2v) is 6.52. The topological polar surface area (TPSA) is 63.6 Å². The molecule has 102 valence electrons. The van der Waals surface area contributed by atoms with Gasteiger partial charge in [0.25, 0.3) is 0 Å². The van der Waals surface area contributed by atoms with Gasteiger partial charge in [0.1, 0.15) is 12.4 Å². The Morgan fingerprint density at radius 3 is 2.56 bits per heavy atom. The maximum Gasteiger partial charge on any atom is 0.153 e. The third-order valence-electron chi connectivity index (χ3n) is 2.76. The van der Waals surface area contributed by atoms with E-state index in [1.54, 1.807) is 25.1 Å². The van der Waals surface area contributed by atoms with Gasteiger partial charge < -0.3 is 9.84 Å². The van der Waals surface area contributed by atoms with E-state index in [2.05, 4.69) is 0 Å². The van der Waals surface area contributed by atoms with E-state index in [9.17, 15) is 13.5 Å². The molecule has 18 heavy (non-hydrogen) atoms. The lowest BCUT2D eigenvalue weighted by atomic mass is 10.1. The highest BCUT2D eigenvalue weighted by molar-refractivity contribution is 7.91. The average molecular weight is 272 g/mol. The first kappa shape index (κ1) is 15.0. The number of para-hydroxylation sites is 1. The van der Waals surface area contributed by atoms with Gasteiger partial charge in [0.2, 0.25) is 0 Å². The summed E-state index contributed by atoms with van der Waals surface area (Å²) in [5.41, 5.74) is 0.703. The van der Waals surface area contributed by atoms with Crippen molar-refractivity contribution < 1.29 is 18.3 Å². The fourth-order valence-corrected chi connectivity index (χ4v) is 2.16. The molecule has 0 radical (unpaired) electrons. The standard InChI is InChI=1S/C13H20O4S/c1-3-12(14)11-7-5-6-8-13(11)17-9-10-18(15,16)4-2/h5-8,12,14H,3-4,9-10H2,1-2H3/t12-/m0/s1. The van der Waals surface area contributed by atoms with Gasteiger partial charge in [-0.05, 0) is 12.5 Å². The van der Waals surface area contributed by atoms with Crippen molar-refractivity contribution in [2.75, 3.05) is 18.1 Å². The van der Waals surface area contributed by atoms with Gasteiger partial charge in [0.15, 0.2) is 9.84 Å². The largest absolute Gasteiger partial charge is 0.492 e. The van der Waals surface area contributed by atoms with Gasteiger partial charge in [-0.3, -0.25) is 0 Å². The third kappa shape index (κ3) is 4.31. The van der Waals surface area contributed by atoms with Crippen molar-refractivity contribution in [3.8, 4) is 5.75 Å². The quantitative estimate of drug-likeness (QED) is 0.824. The second kappa shape index (κ2) is 6.75. The summed E-state index contributed by atoms with van der Waals surface area (Å²) in [6.07, 6.45) is 0.0113. The Morgan fingerprint density at radius 1 is 1.28 bits per heavy atom. The Morgan fingerprint density at radius 2 is 1.94 bits per heavy atom. The molecule has 1 atom stereocenters. The monoisotopic (exact) mass is 272 g/mol. The molecule has 1 N–H and O–H groups in total. The fraction of sp³-hybridized carbons (Fsp3) is 0.538. The molecule has 1 aromatic rings. The van der Waals surface area contributed by atoms with Crippen LogP contribution in [0.25, 0.3) is 0 Å². The molecule has 4 nitrogen and oxygen atoms in total. The van der Waals surface area contributed by atoms with Crippen LogP contribution in [0.2, 0.25) is 0 Å². The minimum absolute atomic E-state index is 0.0000541. The third-order valence-corrected chi connectivity index (χ3v) is 4.42. The second-order valence-electron chi connectivity index (χ2n) is 4.05. The van der Waals surface area contributed by atoms with Crippen LogP contribution in [-0.2, 0) is 9.84 Å². The van der Waals surface area contributed by atoms with Crippen molar-refractivity contribution in [2.24, 2.45) is 0 Å². The van der Waals surface area contributed by atoms with E-state index in [-0.39, 0.29) is 18.1 Å². The van der Waals surface area contributed by atoms with Crippen LogP contribution >= 0.6 is 0 Å². The number of sulfone groups is 1. The minimum Gasteiger partial charge on any atom is -0.492 e. The highest BCUT2D eigenvalue weighted by Crippen LogP contribution is 2.26. The SMILES string of the molecule is CC[C@H](O)c1ccccc1OCCS(=O)(=O)CC. The van der Waals surface area contributed by atoms with E-state index in [0.717, 1.165) is 0 Å². The van der Waals surface area contributed by atoms with Crippen molar-refractivity contribution in [3.05, 3.63) is 29.8 Å². The molecule has 0 unspecified atom stereocenters. The highest BCUT2D eigenvalue weighted by Gasteiger charge is 2.12. The molecule has 0 spiro atoms. The normalized spacial score (nSPS) is 13.3. The smallest absolute Gasteiger partial charge is 0.153 e. The highest BCUT2D eigenvalue weighted by atomic mass is 32.2. The Labute approximate surface area is 109 Å². The number of benzene rings is 1. The van der Waals surface area contributed by atoms with E-state index in [4.69, 9.17) is 4.74 Å². The van der Waals surface area contributed by atoms with E-state index in [1.807, 2.05) is 13.0 Å². The maximum atomic E-state index is 11.3. The number of aliphatic hydroxyl groups is 1. The van der Waals surface area contributed by atoms with Crippen LogP contribution in [0.5, 0.6) is 5.75 Å². The predicted molar refractivity (Wildman–Crippen MR) is 71.5 cm³/mol. The first-order valence-corrected chi connectivity index (χ1v) is 7.92. The van der Waals surface area contributed by atoms with Crippen LogP contribution in [0.1, 0.15) is 31.9 Å². The minimum atomic E-state index is -3.02. The van der Waals surface area contributed by atoms with E-state index < -0.39 is 15.9 Å². The van der Waals surface area contributed by atoms with Crippen LogP contribution < -0.4 is 4.74 Å².